The van der Waals surface area contributed by atoms with E-state index in [9.17, 15) is 0 Å². The fraction of sp³-hybridized carbons (Fsp3) is 0.389. The number of benzene rings is 4. The van der Waals surface area contributed by atoms with Crippen molar-refractivity contribution in [2.75, 3.05) is 5.32 Å². The maximum atomic E-state index is 4.13. The first kappa shape index (κ1) is 20.9. The van der Waals surface area contributed by atoms with Gasteiger partial charge in [0.05, 0.1) is 6.04 Å². The smallest absolute Gasteiger partial charge is 0.0566 e. The van der Waals surface area contributed by atoms with Gasteiger partial charge < -0.3 is 5.32 Å². The second kappa shape index (κ2) is 7.50. The highest BCUT2D eigenvalue weighted by Gasteiger charge is 2.52. The first-order chi connectivity index (χ1) is 18.2. The van der Waals surface area contributed by atoms with Gasteiger partial charge in [-0.15, -0.1) is 0 Å². The number of rotatable bonds is 2. The molecule has 1 heteroatoms. The lowest BCUT2D eigenvalue weighted by Gasteiger charge is -2.57. The summed E-state index contributed by atoms with van der Waals surface area (Å²) in [5, 5.41) is 9.63. The van der Waals surface area contributed by atoms with E-state index >= 15 is 0 Å². The molecule has 4 saturated carbocycles. The Labute approximate surface area is 220 Å². The highest BCUT2D eigenvalue weighted by Crippen LogP contribution is 2.61. The van der Waals surface area contributed by atoms with Crippen LogP contribution in [0.3, 0.4) is 0 Å². The van der Waals surface area contributed by atoms with Crippen LogP contribution in [0.5, 0.6) is 0 Å². The zero-order chi connectivity index (χ0) is 24.1. The summed E-state index contributed by atoms with van der Waals surface area (Å²) in [6.45, 7) is 0. The lowest BCUT2D eigenvalue weighted by atomic mass is 9.48. The summed E-state index contributed by atoms with van der Waals surface area (Å²) in [6, 6.07) is 28.3. The fourth-order valence-corrected chi connectivity index (χ4v) is 10.1. The normalized spacial score (nSPS) is 35.0. The molecule has 0 amide bonds. The van der Waals surface area contributed by atoms with Gasteiger partial charge in [-0.3, -0.25) is 0 Å². The van der Waals surface area contributed by atoms with Crippen molar-refractivity contribution < 1.29 is 0 Å². The molecule has 1 aliphatic heterocycles. The highest BCUT2D eigenvalue weighted by molar-refractivity contribution is 6.03. The van der Waals surface area contributed by atoms with Gasteiger partial charge in [-0.25, -0.2) is 0 Å². The minimum absolute atomic E-state index is 0.314. The molecule has 6 aliphatic rings. The number of nitrogens with one attached hydrogen (secondary N) is 1. The van der Waals surface area contributed by atoms with Gasteiger partial charge in [0.25, 0.3) is 0 Å². The Morgan fingerprint density at radius 3 is 2.03 bits per heavy atom. The van der Waals surface area contributed by atoms with Crippen LogP contribution in [0.15, 0.2) is 84.9 Å². The van der Waals surface area contributed by atoms with Crippen molar-refractivity contribution in [2.24, 2.45) is 23.7 Å². The third-order valence-corrected chi connectivity index (χ3v) is 11.1. The second-order valence-corrected chi connectivity index (χ2v) is 13.2. The standard InChI is InChI=1S/C36H35N/c1-3-8-28-25(6-1)17-26-7-2-4-9-29(26)34(28)35-31-11-5-10-30(31)32-18-27(12-13-33(32)37-35)36-19-22-14-23(20-36)16-24(15-22)21-36/h1-10,12-13,17-18,22-24,30-31,35,37H,11,14-16,19-21H2/t22?,23?,24?,30-,31+,35-,36?/m1/s1. The van der Waals surface area contributed by atoms with Crippen molar-refractivity contribution in [3.05, 3.63) is 102 Å². The van der Waals surface area contributed by atoms with Crippen LogP contribution in [0, 0.1) is 23.7 Å². The highest BCUT2D eigenvalue weighted by atomic mass is 15.0. The quantitative estimate of drug-likeness (QED) is 0.222. The van der Waals surface area contributed by atoms with Crippen LogP contribution in [0.25, 0.3) is 21.5 Å². The van der Waals surface area contributed by atoms with Crippen LogP contribution in [-0.4, -0.2) is 0 Å². The molecule has 4 aromatic rings. The van der Waals surface area contributed by atoms with Gasteiger partial charge in [0.2, 0.25) is 0 Å². The summed E-state index contributed by atoms with van der Waals surface area (Å²) in [6.07, 6.45) is 15.0. The van der Waals surface area contributed by atoms with Crippen LogP contribution < -0.4 is 5.32 Å². The second-order valence-electron chi connectivity index (χ2n) is 13.2. The van der Waals surface area contributed by atoms with Crippen LogP contribution >= 0.6 is 0 Å². The average molecular weight is 482 g/mol. The lowest BCUT2D eigenvalue weighted by Crippen LogP contribution is -2.48. The summed E-state index contributed by atoms with van der Waals surface area (Å²) in [7, 11) is 0. The summed E-state index contributed by atoms with van der Waals surface area (Å²) >= 11 is 0. The molecule has 1 nitrogen and oxygen atoms in total. The predicted molar refractivity (Wildman–Crippen MR) is 154 cm³/mol. The van der Waals surface area contributed by atoms with Gasteiger partial charge in [0.1, 0.15) is 0 Å². The van der Waals surface area contributed by atoms with E-state index in [0.717, 1.165) is 24.2 Å². The molecule has 3 atom stereocenters. The van der Waals surface area contributed by atoms with E-state index in [4.69, 9.17) is 0 Å². The number of allylic oxidation sites excluding steroid dienone is 2. The van der Waals surface area contributed by atoms with Crippen molar-refractivity contribution in [2.45, 2.75) is 62.3 Å². The van der Waals surface area contributed by atoms with Crippen molar-refractivity contribution in [3.8, 4) is 0 Å². The maximum Gasteiger partial charge on any atom is 0.0566 e. The Morgan fingerprint density at radius 2 is 1.35 bits per heavy atom. The van der Waals surface area contributed by atoms with Gasteiger partial charge in [-0.2, -0.15) is 0 Å². The summed E-state index contributed by atoms with van der Waals surface area (Å²) in [4.78, 5) is 0. The minimum Gasteiger partial charge on any atom is -0.378 e. The van der Waals surface area contributed by atoms with Gasteiger partial charge in [-0.1, -0.05) is 72.8 Å². The molecule has 0 radical (unpaired) electrons. The number of hydrogen-bond donors (Lipinski definition) is 1. The maximum absolute atomic E-state index is 4.13. The predicted octanol–water partition coefficient (Wildman–Crippen LogP) is 9.29. The van der Waals surface area contributed by atoms with E-state index in [1.165, 1.54) is 71.3 Å². The van der Waals surface area contributed by atoms with Crippen molar-refractivity contribution >= 4 is 27.2 Å². The van der Waals surface area contributed by atoms with Gasteiger partial charge in [-0.05, 0) is 124 Å². The Balaban J connectivity index is 1.18. The van der Waals surface area contributed by atoms with E-state index in [1.807, 2.05) is 0 Å². The molecule has 37 heavy (non-hydrogen) atoms. The van der Waals surface area contributed by atoms with Gasteiger partial charge in [0, 0.05) is 11.6 Å². The molecule has 5 aliphatic carbocycles. The third-order valence-electron chi connectivity index (χ3n) is 11.1. The molecule has 0 saturated heterocycles. The van der Waals surface area contributed by atoms with Crippen LogP contribution in [0.4, 0.5) is 5.69 Å². The molecule has 1 N–H and O–H groups in total. The average Bonchev–Trinajstić information content (AvgIpc) is 3.41. The molecule has 0 aromatic heterocycles. The molecule has 10 rings (SSSR count). The zero-order valence-electron chi connectivity index (χ0n) is 21.5. The fourth-order valence-electron chi connectivity index (χ4n) is 10.1. The molecule has 4 fully saturated rings. The van der Waals surface area contributed by atoms with E-state index in [-0.39, 0.29) is 0 Å². The number of hydrogen-bond acceptors (Lipinski definition) is 1. The van der Waals surface area contributed by atoms with Crippen LogP contribution in [0.2, 0.25) is 0 Å². The van der Waals surface area contributed by atoms with Crippen LogP contribution in [-0.2, 0) is 5.41 Å². The molecule has 184 valence electrons. The monoisotopic (exact) mass is 481 g/mol. The van der Waals surface area contributed by atoms with Crippen molar-refractivity contribution in [1.82, 2.24) is 0 Å². The topological polar surface area (TPSA) is 12.0 Å². The van der Waals surface area contributed by atoms with E-state index in [2.05, 4.69) is 90.3 Å². The SMILES string of the molecule is C1=C[C@H]2c3cc(C45CC6CC(CC(C6)C4)C5)ccc3N[C@@H](c3c4ccccc4cc4ccccc34)[C@H]2C1. The molecular weight excluding hydrogens is 446 g/mol. The van der Waals surface area contributed by atoms with Crippen molar-refractivity contribution in [3.63, 3.8) is 0 Å². The van der Waals surface area contributed by atoms with Crippen LogP contribution in [0.1, 0.15) is 73.6 Å². The summed E-state index contributed by atoms with van der Waals surface area (Å²) in [5.74, 6) is 4.04. The Morgan fingerprint density at radius 1 is 0.703 bits per heavy atom. The molecule has 1 heterocycles. The third kappa shape index (κ3) is 2.98. The molecule has 0 spiro atoms. The van der Waals surface area contributed by atoms with Gasteiger partial charge in [0.15, 0.2) is 0 Å². The van der Waals surface area contributed by atoms with E-state index < -0.39 is 0 Å². The molecule has 0 unspecified atom stereocenters. The molecule has 4 aromatic carbocycles. The Bertz CT molecular complexity index is 1500. The first-order valence-electron chi connectivity index (χ1n) is 14.7. The summed E-state index contributed by atoms with van der Waals surface area (Å²) in [5.41, 5.74) is 6.55. The lowest BCUT2D eigenvalue weighted by molar-refractivity contribution is -0.00523. The first-order valence-corrected chi connectivity index (χ1v) is 14.7. The van der Waals surface area contributed by atoms with E-state index in [0.29, 0.717) is 23.3 Å². The molecular formula is C36H35N. The van der Waals surface area contributed by atoms with Crippen molar-refractivity contribution in [1.29, 1.82) is 0 Å². The largest absolute Gasteiger partial charge is 0.378 e. The Kier molecular flexibility index (Phi) is 4.24. The number of anilines is 1. The summed E-state index contributed by atoms with van der Waals surface area (Å²) < 4.78 is 0. The van der Waals surface area contributed by atoms with E-state index in [1.54, 1.807) is 11.1 Å². The number of fused-ring (bicyclic) bond motifs is 5. The minimum atomic E-state index is 0.314. The zero-order valence-corrected chi connectivity index (χ0v) is 21.5. The molecule has 4 bridgehead atoms. The van der Waals surface area contributed by atoms with Gasteiger partial charge >= 0.3 is 0 Å². The Hall–Kier alpha value is -3.06.